The fraction of sp³-hybridized carbons (Fsp3) is 0.125. The fourth-order valence-corrected chi connectivity index (χ4v) is 2.66. The second-order valence-electron chi connectivity index (χ2n) is 7.08. The second kappa shape index (κ2) is 10.6. The molecule has 164 valence electrons. The van der Waals surface area contributed by atoms with Crippen LogP contribution >= 0.6 is 0 Å². The molecule has 0 heterocycles. The number of likely N-dealkylation sites (N-methyl/N-ethyl adjacent to an activating group) is 1. The minimum absolute atomic E-state index is 0.107. The molecule has 0 aliphatic carbocycles. The van der Waals surface area contributed by atoms with Crippen LogP contribution in [0.15, 0.2) is 78.9 Å². The maximum Gasteiger partial charge on any atom is 0.323 e. The minimum atomic E-state index is -0.363. The van der Waals surface area contributed by atoms with Gasteiger partial charge in [0.05, 0.1) is 0 Å². The standard InChI is InChI=1S/C24H24N4O4/c1-28(2)22(29)16-32-21-10-6-7-17(15-21)23(30)25-19-11-13-20(14-12-19)27-24(31)26-18-8-4-3-5-9-18/h3-15H,16H2,1-2H3,(H,25,30)(H2,26,27,31). The number of nitrogens with zero attached hydrogens (tertiary/aromatic N) is 1. The molecule has 0 radical (unpaired) electrons. The molecule has 8 nitrogen and oxygen atoms in total. The maximum atomic E-state index is 12.6. The topological polar surface area (TPSA) is 99.8 Å². The van der Waals surface area contributed by atoms with Crippen LogP contribution in [0, 0.1) is 0 Å². The summed E-state index contributed by atoms with van der Waals surface area (Å²) < 4.78 is 5.45. The van der Waals surface area contributed by atoms with E-state index in [1.807, 2.05) is 18.2 Å². The van der Waals surface area contributed by atoms with Crippen molar-refractivity contribution in [1.82, 2.24) is 4.90 Å². The molecule has 0 atom stereocenters. The summed E-state index contributed by atoms with van der Waals surface area (Å²) in [7, 11) is 3.29. The van der Waals surface area contributed by atoms with E-state index in [4.69, 9.17) is 4.74 Å². The predicted octanol–water partition coefficient (Wildman–Crippen LogP) is 4.05. The van der Waals surface area contributed by atoms with Crippen molar-refractivity contribution < 1.29 is 19.1 Å². The highest BCUT2D eigenvalue weighted by atomic mass is 16.5. The molecule has 0 aromatic heterocycles. The van der Waals surface area contributed by atoms with Gasteiger partial charge < -0.3 is 25.6 Å². The molecule has 0 aliphatic rings. The number of nitrogens with one attached hydrogen (secondary N) is 3. The van der Waals surface area contributed by atoms with E-state index in [1.165, 1.54) is 4.90 Å². The van der Waals surface area contributed by atoms with E-state index in [2.05, 4.69) is 16.0 Å². The van der Waals surface area contributed by atoms with E-state index in [-0.39, 0.29) is 24.5 Å². The number of hydrogen-bond donors (Lipinski definition) is 3. The Bertz CT molecular complexity index is 1080. The summed E-state index contributed by atoms with van der Waals surface area (Å²) in [6.07, 6.45) is 0. The molecule has 0 unspecified atom stereocenters. The molecule has 0 aliphatic heterocycles. The summed E-state index contributed by atoms with van der Waals surface area (Å²) >= 11 is 0. The molecule has 3 N–H and O–H groups in total. The van der Waals surface area contributed by atoms with Gasteiger partial charge in [-0.15, -0.1) is 0 Å². The molecule has 3 aromatic rings. The zero-order chi connectivity index (χ0) is 22.9. The monoisotopic (exact) mass is 432 g/mol. The van der Waals surface area contributed by atoms with Crippen molar-refractivity contribution in [3.05, 3.63) is 84.4 Å². The van der Waals surface area contributed by atoms with Gasteiger partial charge in [0.25, 0.3) is 11.8 Å². The van der Waals surface area contributed by atoms with Crippen LogP contribution in [0.3, 0.4) is 0 Å². The van der Waals surface area contributed by atoms with Crippen molar-refractivity contribution in [2.45, 2.75) is 0 Å². The van der Waals surface area contributed by atoms with Gasteiger partial charge in [0.15, 0.2) is 6.61 Å². The zero-order valence-corrected chi connectivity index (χ0v) is 17.8. The van der Waals surface area contributed by atoms with Gasteiger partial charge in [-0.05, 0) is 54.6 Å². The van der Waals surface area contributed by atoms with Crippen molar-refractivity contribution in [2.24, 2.45) is 0 Å². The Hall–Kier alpha value is -4.33. The number of rotatable bonds is 7. The molecule has 4 amide bonds. The number of anilines is 3. The summed E-state index contributed by atoms with van der Waals surface area (Å²) in [6, 6.07) is 22.1. The number of ether oxygens (including phenoxy) is 1. The SMILES string of the molecule is CN(C)C(=O)COc1cccc(C(=O)Nc2ccc(NC(=O)Nc3ccccc3)cc2)c1. The smallest absolute Gasteiger partial charge is 0.323 e. The third kappa shape index (κ3) is 6.60. The molecule has 3 aromatic carbocycles. The number of para-hydroxylation sites is 1. The fourth-order valence-electron chi connectivity index (χ4n) is 2.66. The zero-order valence-electron chi connectivity index (χ0n) is 17.8. The number of carbonyl (C=O) groups excluding carboxylic acids is 3. The number of carbonyl (C=O) groups is 3. The van der Waals surface area contributed by atoms with E-state index in [0.29, 0.717) is 28.4 Å². The van der Waals surface area contributed by atoms with Crippen molar-refractivity contribution in [1.29, 1.82) is 0 Å². The van der Waals surface area contributed by atoms with Crippen molar-refractivity contribution >= 4 is 34.9 Å². The molecule has 0 saturated heterocycles. The Morgan fingerprint density at radius 2 is 1.34 bits per heavy atom. The van der Waals surface area contributed by atoms with Gasteiger partial charge in [-0.2, -0.15) is 0 Å². The Balaban J connectivity index is 1.54. The van der Waals surface area contributed by atoms with Crippen LogP contribution in [0.1, 0.15) is 10.4 Å². The normalized spacial score (nSPS) is 10.1. The first-order chi connectivity index (χ1) is 15.4. The average Bonchev–Trinajstić information content (AvgIpc) is 2.79. The lowest BCUT2D eigenvalue weighted by Gasteiger charge is -2.12. The second-order valence-corrected chi connectivity index (χ2v) is 7.08. The quantitative estimate of drug-likeness (QED) is 0.524. The Morgan fingerprint density at radius 3 is 1.97 bits per heavy atom. The molecular formula is C24H24N4O4. The lowest BCUT2D eigenvalue weighted by Crippen LogP contribution is -2.27. The van der Waals surface area contributed by atoms with Gasteiger partial charge in [-0.1, -0.05) is 24.3 Å². The molecular weight excluding hydrogens is 408 g/mol. The Labute approximate surface area is 186 Å². The Morgan fingerprint density at radius 1 is 0.750 bits per heavy atom. The van der Waals surface area contributed by atoms with E-state index in [9.17, 15) is 14.4 Å². The van der Waals surface area contributed by atoms with Crippen LogP contribution in [0.4, 0.5) is 21.9 Å². The van der Waals surface area contributed by atoms with Crippen LogP contribution in [-0.2, 0) is 4.79 Å². The largest absolute Gasteiger partial charge is 0.484 e. The van der Waals surface area contributed by atoms with Crippen molar-refractivity contribution in [3.8, 4) is 5.75 Å². The molecule has 3 rings (SSSR count). The molecule has 0 fully saturated rings. The van der Waals surface area contributed by atoms with Crippen LogP contribution < -0.4 is 20.7 Å². The molecule has 8 heteroatoms. The summed E-state index contributed by atoms with van der Waals surface area (Å²) in [5.74, 6) is -0.0697. The molecule has 0 spiro atoms. The van der Waals surface area contributed by atoms with E-state index in [0.717, 1.165) is 0 Å². The van der Waals surface area contributed by atoms with Gasteiger partial charge in [0.2, 0.25) is 0 Å². The van der Waals surface area contributed by atoms with Gasteiger partial charge >= 0.3 is 6.03 Å². The first-order valence-electron chi connectivity index (χ1n) is 9.88. The predicted molar refractivity (Wildman–Crippen MR) is 124 cm³/mol. The summed E-state index contributed by atoms with van der Waals surface area (Å²) in [6.45, 7) is -0.107. The summed E-state index contributed by atoms with van der Waals surface area (Å²) in [4.78, 5) is 37.7. The maximum absolute atomic E-state index is 12.6. The van der Waals surface area contributed by atoms with E-state index in [1.54, 1.807) is 74.8 Å². The lowest BCUT2D eigenvalue weighted by molar-refractivity contribution is -0.130. The van der Waals surface area contributed by atoms with Crippen LogP contribution in [-0.4, -0.2) is 43.4 Å². The summed E-state index contributed by atoms with van der Waals surface area (Å²) in [5, 5.41) is 8.25. The highest BCUT2D eigenvalue weighted by Crippen LogP contribution is 2.18. The Kier molecular flexibility index (Phi) is 7.42. The van der Waals surface area contributed by atoms with Gasteiger partial charge in [0.1, 0.15) is 5.75 Å². The van der Waals surface area contributed by atoms with Gasteiger partial charge in [-0.25, -0.2) is 4.79 Å². The average molecular weight is 432 g/mol. The van der Waals surface area contributed by atoms with E-state index >= 15 is 0 Å². The number of amides is 4. The minimum Gasteiger partial charge on any atom is -0.484 e. The third-order valence-corrected chi connectivity index (χ3v) is 4.39. The number of hydrogen-bond acceptors (Lipinski definition) is 4. The van der Waals surface area contributed by atoms with E-state index < -0.39 is 0 Å². The first-order valence-corrected chi connectivity index (χ1v) is 9.88. The highest BCUT2D eigenvalue weighted by molar-refractivity contribution is 6.05. The lowest BCUT2D eigenvalue weighted by atomic mass is 10.2. The van der Waals surface area contributed by atoms with Crippen molar-refractivity contribution in [2.75, 3.05) is 36.7 Å². The van der Waals surface area contributed by atoms with Crippen molar-refractivity contribution in [3.63, 3.8) is 0 Å². The number of benzene rings is 3. The third-order valence-electron chi connectivity index (χ3n) is 4.39. The molecule has 32 heavy (non-hydrogen) atoms. The number of urea groups is 1. The molecule has 0 bridgehead atoms. The summed E-state index contributed by atoms with van der Waals surface area (Å²) in [5.41, 5.74) is 2.23. The molecule has 0 saturated carbocycles. The van der Waals surface area contributed by atoms with Crippen LogP contribution in [0.25, 0.3) is 0 Å². The first kappa shape index (κ1) is 22.4. The highest BCUT2D eigenvalue weighted by Gasteiger charge is 2.10. The van der Waals surface area contributed by atoms with Crippen LogP contribution in [0.5, 0.6) is 5.75 Å². The van der Waals surface area contributed by atoms with Gasteiger partial charge in [-0.3, -0.25) is 9.59 Å². The van der Waals surface area contributed by atoms with Gasteiger partial charge in [0, 0.05) is 36.7 Å². The van der Waals surface area contributed by atoms with Crippen LogP contribution in [0.2, 0.25) is 0 Å².